The molecule has 37 valence electrons. The quantitative estimate of drug-likeness (QED) is 0.550. The van der Waals surface area contributed by atoms with Crippen LogP contribution in [0.3, 0.4) is 0 Å². The van der Waals surface area contributed by atoms with E-state index in [2.05, 4.69) is 23.2 Å². The molecular weight excluding hydrogens is 191 g/mol. The predicted molar refractivity (Wildman–Crippen MR) is 34.9 cm³/mol. The van der Waals surface area contributed by atoms with Crippen LogP contribution in [-0.4, -0.2) is 21.1 Å². The first-order chi connectivity index (χ1) is 3.43. The molecule has 0 aromatic heterocycles. The Kier molecular flexibility index (Phi) is 1.98. The summed E-state index contributed by atoms with van der Waals surface area (Å²) in [4.78, 5) is 2.36. The SMILES string of the molecule is [CH3][SnH2][C]1=[C]CC=C1. The van der Waals surface area contributed by atoms with Crippen LogP contribution in [0.1, 0.15) is 6.42 Å². The van der Waals surface area contributed by atoms with Gasteiger partial charge in [-0.25, -0.2) is 0 Å². The van der Waals surface area contributed by atoms with Crippen molar-refractivity contribution < 1.29 is 0 Å². The summed E-state index contributed by atoms with van der Waals surface area (Å²) in [6.07, 6.45) is 8.81. The summed E-state index contributed by atoms with van der Waals surface area (Å²) in [5, 5.41) is 0. The molecule has 0 bridgehead atoms. The van der Waals surface area contributed by atoms with E-state index >= 15 is 0 Å². The van der Waals surface area contributed by atoms with Gasteiger partial charge in [-0.15, -0.1) is 0 Å². The topological polar surface area (TPSA) is 0 Å². The van der Waals surface area contributed by atoms with Crippen LogP contribution in [0.25, 0.3) is 0 Å². The average Bonchev–Trinajstić information content (AvgIpc) is 2.14. The second-order valence-corrected chi connectivity index (χ2v) is 5.85. The molecule has 0 heterocycles. The molecule has 1 aliphatic rings. The average molecular weight is 200 g/mol. The monoisotopic (exact) mass is 201 g/mol. The summed E-state index contributed by atoms with van der Waals surface area (Å²) >= 11 is -0.416. The van der Waals surface area contributed by atoms with Crippen LogP contribution in [0.2, 0.25) is 4.94 Å². The van der Waals surface area contributed by atoms with E-state index in [0.717, 1.165) is 6.42 Å². The van der Waals surface area contributed by atoms with Crippen molar-refractivity contribution in [2.24, 2.45) is 0 Å². The van der Waals surface area contributed by atoms with E-state index in [1.54, 1.807) is 3.59 Å². The van der Waals surface area contributed by atoms with Gasteiger partial charge in [0, 0.05) is 0 Å². The fourth-order valence-corrected chi connectivity index (χ4v) is 2.97. The molecule has 0 atom stereocenters. The third-order valence-corrected chi connectivity index (χ3v) is 4.71. The van der Waals surface area contributed by atoms with Crippen LogP contribution < -0.4 is 0 Å². The molecule has 7 heavy (non-hydrogen) atoms. The third kappa shape index (κ3) is 1.34. The molecule has 1 aliphatic carbocycles. The molecule has 1 heteroatoms. The minimum absolute atomic E-state index is 0.416. The molecule has 0 saturated carbocycles. The zero-order valence-corrected chi connectivity index (χ0v) is 8.61. The predicted octanol–water partition coefficient (Wildman–Crippen LogP) is 0.850. The summed E-state index contributed by atoms with van der Waals surface area (Å²) in [5.41, 5.74) is 0. The summed E-state index contributed by atoms with van der Waals surface area (Å²) in [7, 11) is 0. The van der Waals surface area contributed by atoms with Gasteiger partial charge in [-0.1, -0.05) is 0 Å². The maximum atomic E-state index is 3.31. The van der Waals surface area contributed by atoms with Gasteiger partial charge in [0.05, 0.1) is 0 Å². The Morgan fingerprint density at radius 2 is 2.71 bits per heavy atom. The zero-order chi connectivity index (χ0) is 5.11. The molecule has 0 amide bonds. The van der Waals surface area contributed by atoms with Crippen LogP contribution in [0.15, 0.2) is 15.7 Å². The van der Waals surface area contributed by atoms with E-state index < -0.39 is 21.1 Å². The van der Waals surface area contributed by atoms with Crippen molar-refractivity contribution in [1.29, 1.82) is 0 Å². The van der Waals surface area contributed by atoms with Crippen molar-refractivity contribution >= 4 is 21.1 Å². The summed E-state index contributed by atoms with van der Waals surface area (Å²) in [5.74, 6) is 0. The van der Waals surface area contributed by atoms with Crippen molar-refractivity contribution in [1.82, 2.24) is 0 Å². The van der Waals surface area contributed by atoms with Crippen LogP contribution in [0.4, 0.5) is 0 Å². The molecule has 0 unspecified atom stereocenters. The van der Waals surface area contributed by atoms with Crippen molar-refractivity contribution in [3.8, 4) is 0 Å². The van der Waals surface area contributed by atoms with E-state index in [0.29, 0.717) is 0 Å². The molecule has 1 radical (unpaired) electrons. The van der Waals surface area contributed by atoms with Crippen LogP contribution in [0, 0.1) is 6.08 Å². The van der Waals surface area contributed by atoms with Crippen LogP contribution >= 0.6 is 0 Å². The summed E-state index contributed by atoms with van der Waals surface area (Å²) < 4.78 is 1.57. The Morgan fingerprint density at radius 3 is 3.00 bits per heavy atom. The van der Waals surface area contributed by atoms with Gasteiger partial charge in [-0.05, 0) is 0 Å². The standard InChI is InChI=1S/C5H4.CH3.Sn.2H/c1-2-4-5-3-1;;;;/h1-2H,3H2;1H3;;;. The van der Waals surface area contributed by atoms with Crippen LogP contribution in [-0.2, 0) is 0 Å². The first kappa shape index (κ1) is 5.42. The van der Waals surface area contributed by atoms with Gasteiger partial charge in [0.25, 0.3) is 0 Å². The molecule has 0 aromatic rings. The number of hydrogen-bond donors (Lipinski definition) is 0. The Bertz CT molecular complexity index is 111. The Balaban J connectivity index is 2.52. The summed E-state index contributed by atoms with van der Waals surface area (Å²) in [6.45, 7) is 0. The van der Waals surface area contributed by atoms with Crippen LogP contribution in [0.5, 0.6) is 0 Å². The Morgan fingerprint density at radius 1 is 1.86 bits per heavy atom. The normalized spacial score (nSPS) is 19.3. The number of rotatable bonds is 1. The zero-order valence-electron chi connectivity index (χ0n) is 4.57. The van der Waals surface area contributed by atoms with Crippen molar-refractivity contribution in [3.63, 3.8) is 0 Å². The van der Waals surface area contributed by atoms with Gasteiger partial charge in [0.2, 0.25) is 0 Å². The van der Waals surface area contributed by atoms with Gasteiger partial charge in [-0.3, -0.25) is 0 Å². The van der Waals surface area contributed by atoms with E-state index in [9.17, 15) is 0 Å². The second kappa shape index (κ2) is 2.55. The molecule has 1 rings (SSSR count). The maximum absolute atomic E-state index is 3.31. The van der Waals surface area contributed by atoms with E-state index in [1.807, 2.05) is 0 Å². The molecule has 0 aromatic carbocycles. The first-order valence-electron chi connectivity index (χ1n) is 2.69. The Labute approximate surface area is 54.5 Å². The number of hydrogen-bond acceptors (Lipinski definition) is 0. The fraction of sp³-hybridized carbons (Fsp3) is 0.333. The van der Waals surface area contributed by atoms with Crippen molar-refractivity contribution in [3.05, 3.63) is 21.8 Å². The second-order valence-electron chi connectivity index (χ2n) is 1.66. The van der Waals surface area contributed by atoms with Gasteiger partial charge in [0.1, 0.15) is 0 Å². The molecule has 0 spiro atoms. The van der Waals surface area contributed by atoms with Gasteiger partial charge >= 0.3 is 54.3 Å². The molecule has 0 N–H and O–H groups in total. The fourth-order valence-electron chi connectivity index (χ4n) is 0.693. The van der Waals surface area contributed by atoms with Gasteiger partial charge in [0.15, 0.2) is 0 Å². The third-order valence-electron chi connectivity index (χ3n) is 1.15. The molecule has 0 nitrogen and oxygen atoms in total. The van der Waals surface area contributed by atoms with Crippen molar-refractivity contribution in [2.45, 2.75) is 11.4 Å². The van der Waals surface area contributed by atoms with E-state index in [-0.39, 0.29) is 0 Å². The number of allylic oxidation sites excluding steroid dienone is 4. The molecular formula is C6H9Sn. The molecule has 0 aliphatic heterocycles. The molecule has 0 saturated heterocycles. The summed E-state index contributed by atoms with van der Waals surface area (Å²) in [6, 6.07) is 0. The van der Waals surface area contributed by atoms with E-state index in [4.69, 9.17) is 0 Å². The van der Waals surface area contributed by atoms with Gasteiger partial charge < -0.3 is 0 Å². The van der Waals surface area contributed by atoms with Crippen molar-refractivity contribution in [2.75, 3.05) is 0 Å². The Hall–Kier alpha value is 0.279. The first-order valence-corrected chi connectivity index (χ1v) is 8.75. The molecule has 0 fully saturated rings. The minimum atomic E-state index is -0.416. The van der Waals surface area contributed by atoms with Gasteiger partial charge in [-0.2, -0.15) is 0 Å². The van der Waals surface area contributed by atoms with E-state index in [1.165, 1.54) is 0 Å².